The van der Waals surface area contributed by atoms with Crippen molar-refractivity contribution >= 4 is 16.9 Å². The molecule has 0 spiro atoms. The molecular weight excluding hydrogens is 278 g/mol. The van der Waals surface area contributed by atoms with E-state index in [0.717, 1.165) is 30.3 Å². The summed E-state index contributed by atoms with van der Waals surface area (Å²) in [5, 5.41) is 5.10. The van der Waals surface area contributed by atoms with Crippen LogP contribution in [-0.4, -0.2) is 11.1 Å². The van der Waals surface area contributed by atoms with E-state index in [1.807, 2.05) is 24.3 Å². The van der Waals surface area contributed by atoms with E-state index in [1.165, 1.54) is 5.56 Å². The molecule has 0 unspecified atom stereocenters. The van der Waals surface area contributed by atoms with Gasteiger partial charge in [-0.3, -0.25) is 4.79 Å². The number of fused-ring (bicyclic) bond motifs is 1. The van der Waals surface area contributed by atoms with Crippen LogP contribution < -0.4 is 4.74 Å². The molecule has 4 rings (SSSR count). The van der Waals surface area contributed by atoms with Crippen LogP contribution in [0.1, 0.15) is 24.1 Å². The molecule has 0 amide bonds. The Morgan fingerprint density at radius 1 is 1.18 bits per heavy atom. The minimum Gasteiger partial charge on any atom is -0.426 e. The third kappa shape index (κ3) is 2.60. The number of ether oxygens (including phenoxy) is 1. The monoisotopic (exact) mass is 293 g/mol. The summed E-state index contributed by atoms with van der Waals surface area (Å²) in [5.41, 5.74) is 2.72. The van der Waals surface area contributed by atoms with E-state index in [0.29, 0.717) is 11.3 Å². The third-order valence-electron chi connectivity index (χ3n) is 3.86. The van der Waals surface area contributed by atoms with Crippen molar-refractivity contribution in [1.29, 1.82) is 0 Å². The molecule has 22 heavy (non-hydrogen) atoms. The van der Waals surface area contributed by atoms with Gasteiger partial charge in [0.05, 0.1) is 11.6 Å². The molecule has 1 aliphatic carbocycles. The van der Waals surface area contributed by atoms with Crippen LogP contribution in [0.3, 0.4) is 0 Å². The number of nitrogens with zero attached hydrogens (tertiary/aromatic N) is 1. The van der Waals surface area contributed by atoms with E-state index < -0.39 is 0 Å². The lowest BCUT2D eigenvalue weighted by Gasteiger charge is -2.02. The maximum atomic E-state index is 11.7. The predicted molar refractivity (Wildman–Crippen MR) is 81.6 cm³/mol. The van der Waals surface area contributed by atoms with Crippen LogP contribution in [0.15, 0.2) is 53.1 Å². The van der Waals surface area contributed by atoms with Crippen molar-refractivity contribution in [2.45, 2.75) is 19.3 Å². The van der Waals surface area contributed by atoms with Crippen molar-refractivity contribution in [3.63, 3.8) is 0 Å². The van der Waals surface area contributed by atoms with Gasteiger partial charge in [0.1, 0.15) is 5.75 Å². The topological polar surface area (TPSA) is 52.3 Å². The van der Waals surface area contributed by atoms with Gasteiger partial charge in [0.15, 0.2) is 5.58 Å². The van der Waals surface area contributed by atoms with Gasteiger partial charge >= 0.3 is 5.97 Å². The zero-order chi connectivity index (χ0) is 14.9. The molecule has 0 N–H and O–H groups in total. The SMILES string of the molecule is O=C(Oc1ccc2c(Cc3ccccc3)noc2c1)C1CC1. The molecule has 1 aliphatic rings. The summed E-state index contributed by atoms with van der Waals surface area (Å²) in [4.78, 5) is 11.7. The summed E-state index contributed by atoms with van der Waals surface area (Å²) in [6.07, 6.45) is 2.59. The molecule has 0 radical (unpaired) electrons. The van der Waals surface area contributed by atoms with Gasteiger partial charge in [-0.25, -0.2) is 0 Å². The van der Waals surface area contributed by atoms with Gasteiger partial charge in [0.25, 0.3) is 0 Å². The Morgan fingerprint density at radius 2 is 2.00 bits per heavy atom. The third-order valence-corrected chi connectivity index (χ3v) is 3.86. The lowest BCUT2D eigenvalue weighted by atomic mass is 10.1. The fourth-order valence-electron chi connectivity index (χ4n) is 2.47. The first-order chi connectivity index (χ1) is 10.8. The molecule has 1 heterocycles. The van der Waals surface area contributed by atoms with E-state index in [1.54, 1.807) is 12.1 Å². The number of hydrogen-bond acceptors (Lipinski definition) is 4. The number of aromatic nitrogens is 1. The lowest BCUT2D eigenvalue weighted by molar-refractivity contribution is -0.135. The Bertz CT molecular complexity index is 819. The summed E-state index contributed by atoms with van der Waals surface area (Å²) in [6.45, 7) is 0. The quantitative estimate of drug-likeness (QED) is 0.543. The fourth-order valence-corrected chi connectivity index (χ4v) is 2.47. The van der Waals surface area contributed by atoms with Crippen molar-refractivity contribution in [3.05, 3.63) is 59.8 Å². The molecule has 4 heteroatoms. The Labute approximate surface area is 127 Å². The minimum atomic E-state index is -0.150. The fraction of sp³-hybridized carbons (Fsp3) is 0.222. The van der Waals surface area contributed by atoms with Gasteiger partial charge in [-0.15, -0.1) is 0 Å². The van der Waals surface area contributed by atoms with E-state index in [-0.39, 0.29) is 11.9 Å². The maximum absolute atomic E-state index is 11.7. The number of rotatable bonds is 4. The molecule has 4 nitrogen and oxygen atoms in total. The van der Waals surface area contributed by atoms with Crippen LogP contribution in [0.25, 0.3) is 11.0 Å². The predicted octanol–water partition coefficient (Wildman–Crippen LogP) is 3.73. The molecule has 110 valence electrons. The number of carbonyl (C=O) groups is 1. The first-order valence-corrected chi connectivity index (χ1v) is 7.43. The molecule has 1 fully saturated rings. The summed E-state index contributed by atoms with van der Waals surface area (Å²) in [6, 6.07) is 15.6. The Balaban J connectivity index is 1.58. The first kappa shape index (κ1) is 13.1. The second kappa shape index (κ2) is 5.30. The average Bonchev–Trinajstić information content (AvgIpc) is 3.32. The molecule has 3 aromatic rings. The first-order valence-electron chi connectivity index (χ1n) is 7.43. The van der Waals surface area contributed by atoms with Crippen LogP contribution in [0.5, 0.6) is 5.75 Å². The minimum absolute atomic E-state index is 0.0825. The summed E-state index contributed by atoms with van der Waals surface area (Å²) in [5.74, 6) is 0.453. The molecule has 1 aromatic heterocycles. The molecule has 2 aromatic carbocycles. The summed E-state index contributed by atoms with van der Waals surface area (Å²) >= 11 is 0. The zero-order valence-electron chi connectivity index (χ0n) is 12.0. The van der Waals surface area contributed by atoms with Gasteiger partial charge in [-0.1, -0.05) is 35.5 Å². The largest absolute Gasteiger partial charge is 0.426 e. The van der Waals surface area contributed by atoms with Crippen molar-refractivity contribution < 1.29 is 14.1 Å². The van der Waals surface area contributed by atoms with Crippen molar-refractivity contribution in [1.82, 2.24) is 5.16 Å². The summed E-state index contributed by atoms with van der Waals surface area (Å²) < 4.78 is 10.7. The van der Waals surface area contributed by atoms with Crippen LogP contribution >= 0.6 is 0 Å². The maximum Gasteiger partial charge on any atom is 0.314 e. The standard InChI is InChI=1S/C18H15NO3/c20-18(13-6-7-13)21-14-8-9-15-16(19-22-17(15)11-14)10-12-4-2-1-3-5-12/h1-5,8-9,11,13H,6-7,10H2. The van der Waals surface area contributed by atoms with Gasteiger partial charge in [0.2, 0.25) is 0 Å². The molecule has 1 saturated carbocycles. The van der Waals surface area contributed by atoms with E-state index >= 15 is 0 Å². The van der Waals surface area contributed by atoms with Gasteiger partial charge in [-0.05, 0) is 30.5 Å². The lowest BCUT2D eigenvalue weighted by Crippen LogP contribution is -2.09. The highest BCUT2D eigenvalue weighted by atomic mass is 16.5. The number of esters is 1. The Kier molecular flexibility index (Phi) is 3.15. The van der Waals surface area contributed by atoms with Crippen molar-refractivity contribution in [2.75, 3.05) is 0 Å². The molecule has 0 aliphatic heterocycles. The smallest absolute Gasteiger partial charge is 0.314 e. The molecule has 0 bridgehead atoms. The Hall–Kier alpha value is -2.62. The molecule has 0 saturated heterocycles. The molecular formula is C18H15NO3. The second-order valence-corrected chi connectivity index (χ2v) is 5.64. The van der Waals surface area contributed by atoms with Crippen molar-refractivity contribution in [2.24, 2.45) is 5.92 Å². The highest BCUT2D eigenvalue weighted by Gasteiger charge is 2.31. The van der Waals surface area contributed by atoms with Crippen LogP contribution in [0.2, 0.25) is 0 Å². The highest BCUT2D eigenvalue weighted by molar-refractivity contribution is 5.83. The van der Waals surface area contributed by atoms with E-state index in [2.05, 4.69) is 17.3 Å². The molecule has 0 atom stereocenters. The van der Waals surface area contributed by atoms with Crippen molar-refractivity contribution in [3.8, 4) is 5.75 Å². The van der Waals surface area contributed by atoms with E-state index in [9.17, 15) is 4.79 Å². The van der Waals surface area contributed by atoms with Gasteiger partial charge in [-0.2, -0.15) is 0 Å². The van der Waals surface area contributed by atoms with Gasteiger partial charge in [0, 0.05) is 17.9 Å². The van der Waals surface area contributed by atoms with Crippen LogP contribution in [-0.2, 0) is 11.2 Å². The number of hydrogen-bond donors (Lipinski definition) is 0. The van der Waals surface area contributed by atoms with Gasteiger partial charge < -0.3 is 9.26 Å². The second-order valence-electron chi connectivity index (χ2n) is 5.64. The normalized spacial score (nSPS) is 14.2. The van der Waals surface area contributed by atoms with Crippen LogP contribution in [0, 0.1) is 5.92 Å². The Morgan fingerprint density at radius 3 is 2.77 bits per heavy atom. The number of benzene rings is 2. The number of carbonyl (C=O) groups excluding carboxylic acids is 1. The summed E-state index contributed by atoms with van der Waals surface area (Å²) in [7, 11) is 0. The van der Waals surface area contributed by atoms with E-state index in [4.69, 9.17) is 9.26 Å². The average molecular weight is 293 g/mol. The highest BCUT2D eigenvalue weighted by Crippen LogP contribution is 2.32. The zero-order valence-corrected chi connectivity index (χ0v) is 12.0. The van der Waals surface area contributed by atoms with Crippen LogP contribution in [0.4, 0.5) is 0 Å².